The summed E-state index contributed by atoms with van der Waals surface area (Å²) in [6.45, 7) is 8.17. The number of methoxy groups -OCH3 is 1. The fourth-order valence-corrected chi connectivity index (χ4v) is 2.08. The molecule has 0 aliphatic carbocycles. The molecule has 0 fully saturated rings. The van der Waals surface area contributed by atoms with Gasteiger partial charge in [-0.15, -0.1) is 0 Å². The highest BCUT2D eigenvalue weighted by atomic mass is 16.5. The fourth-order valence-electron chi connectivity index (χ4n) is 2.08. The largest absolute Gasteiger partial charge is 0.388 e. The number of unbranched alkanes of at least 4 members (excludes halogenated alkanes) is 1. The SMILES string of the molecule is CCCCC(CC)CN(CCOC)CCC(=N)N. The first-order valence-electron chi connectivity index (χ1n) is 7.18. The lowest BCUT2D eigenvalue weighted by molar-refractivity contribution is 0.135. The third-order valence-electron chi connectivity index (χ3n) is 3.37. The Balaban J connectivity index is 4.11. The topological polar surface area (TPSA) is 62.3 Å². The van der Waals surface area contributed by atoms with Crippen LogP contribution in [0.15, 0.2) is 0 Å². The number of hydrogen-bond donors (Lipinski definition) is 2. The molecule has 0 aromatic heterocycles. The quantitative estimate of drug-likeness (QED) is 0.417. The Bertz CT molecular complexity index is 209. The Hall–Kier alpha value is -0.610. The molecule has 0 saturated heterocycles. The Morgan fingerprint density at radius 1 is 1.33 bits per heavy atom. The lowest BCUT2D eigenvalue weighted by Crippen LogP contribution is -2.35. The van der Waals surface area contributed by atoms with Gasteiger partial charge >= 0.3 is 0 Å². The minimum absolute atomic E-state index is 0.277. The average molecular weight is 257 g/mol. The number of nitrogens with two attached hydrogens (primary N) is 1. The molecule has 0 aromatic rings. The van der Waals surface area contributed by atoms with Crippen LogP contribution in [0.2, 0.25) is 0 Å². The van der Waals surface area contributed by atoms with E-state index in [0.29, 0.717) is 6.42 Å². The van der Waals surface area contributed by atoms with E-state index in [4.69, 9.17) is 15.9 Å². The van der Waals surface area contributed by atoms with E-state index >= 15 is 0 Å². The molecule has 0 saturated carbocycles. The van der Waals surface area contributed by atoms with Crippen LogP contribution < -0.4 is 5.73 Å². The van der Waals surface area contributed by atoms with Crippen molar-refractivity contribution in [3.63, 3.8) is 0 Å². The fraction of sp³-hybridized carbons (Fsp3) is 0.929. The molecule has 0 aliphatic heterocycles. The van der Waals surface area contributed by atoms with Gasteiger partial charge < -0.3 is 15.4 Å². The van der Waals surface area contributed by atoms with Crippen molar-refractivity contribution >= 4 is 5.84 Å². The van der Waals surface area contributed by atoms with E-state index in [9.17, 15) is 0 Å². The van der Waals surface area contributed by atoms with Crippen LogP contribution >= 0.6 is 0 Å². The number of ether oxygens (including phenoxy) is 1. The highest BCUT2D eigenvalue weighted by molar-refractivity contribution is 5.76. The second-order valence-corrected chi connectivity index (χ2v) is 4.99. The molecule has 1 unspecified atom stereocenters. The van der Waals surface area contributed by atoms with Crippen molar-refractivity contribution in [3.05, 3.63) is 0 Å². The summed E-state index contributed by atoms with van der Waals surface area (Å²) in [7, 11) is 1.73. The van der Waals surface area contributed by atoms with E-state index < -0.39 is 0 Å². The molecule has 0 radical (unpaired) electrons. The van der Waals surface area contributed by atoms with Gasteiger partial charge in [-0.3, -0.25) is 5.41 Å². The maximum atomic E-state index is 7.32. The van der Waals surface area contributed by atoms with Crippen molar-refractivity contribution in [3.8, 4) is 0 Å². The van der Waals surface area contributed by atoms with Gasteiger partial charge in [0.25, 0.3) is 0 Å². The van der Waals surface area contributed by atoms with Gasteiger partial charge in [-0.05, 0) is 12.3 Å². The first kappa shape index (κ1) is 17.4. The van der Waals surface area contributed by atoms with Gasteiger partial charge in [0.2, 0.25) is 0 Å². The predicted octanol–water partition coefficient (Wildman–Crippen LogP) is 2.48. The monoisotopic (exact) mass is 257 g/mol. The van der Waals surface area contributed by atoms with Crippen molar-refractivity contribution in [2.24, 2.45) is 11.7 Å². The first-order valence-corrected chi connectivity index (χ1v) is 7.18. The van der Waals surface area contributed by atoms with Crippen LogP contribution in [-0.2, 0) is 4.74 Å². The molecular formula is C14H31N3O. The Morgan fingerprint density at radius 2 is 2.06 bits per heavy atom. The van der Waals surface area contributed by atoms with Gasteiger partial charge in [0, 0.05) is 33.2 Å². The van der Waals surface area contributed by atoms with Crippen molar-refractivity contribution in [2.75, 3.05) is 33.4 Å². The molecule has 0 aliphatic rings. The van der Waals surface area contributed by atoms with Crippen LogP contribution in [0.4, 0.5) is 0 Å². The molecular weight excluding hydrogens is 226 g/mol. The number of nitrogens with zero attached hydrogens (tertiary/aromatic N) is 1. The molecule has 1 atom stereocenters. The van der Waals surface area contributed by atoms with Gasteiger partial charge in [-0.25, -0.2) is 0 Å². The van der Waals surface area contributed by atoms with E-state index in [2.05, 4.69) is 18.7 Å². The van der Waals surface area contributed by atoms with Crippen LogP contribution in [0.3, 0.4) is 0 Å². The number of nitrogens with one attached hydrogen (secondary N) is 1. The summed E-state index contributed by atoms with van der Waals surface area (Å²) in [4.78, 5) is 2.38. The summed E-state index contributed by atoms with van der Waals surface area (Å²) in [6.07, 6.45) is 5.76. The molecule has 0 aromatic carbocycles. The zero-order valence-corrected chi connectivity index (χ0v) is 12.4. The van der Waals surface area contributed by atoms with E-state index in [-0.39, 0.29) is 5.84 Å². The lowest BCUT2D eigenvalue weighted by atomic mass is 9.98. The predicted molar refractivity (Wildman–Crippen MR) is 78.2 cm³/mol. The summed E-state index contributed by atoms with van der Waals surface area (Å²) in [5.74, 6) is 1.03. The standard InChI is InChI=1S/C14H31N3O/c1-4-6-7-13(5-2)12-17(10-11-18-3)9-8-14(15)16/h13H,4-12H2,1-3H3,(H3,15,16). The van der Waals surface area contributed by atoms with Crippen molar-refractivity contribution in [2.45, 2.75) is 46.0 Å². The molecule has 0 bridgehead atoms. The number of hydrogen-bond acceptors (Lipinski definition) is 3. The van der Waals surface area contributed by atoms with Crippen molar-refractivity contribution < 1.29 is 4.74 Å². The van der Waals surface area contributed by atoms with Crippen molar-refractivity contribution in [1.82, 2.24) is 4.90 Å². The highest BCUT2D eigenvalue weighted by Crippen LogP contribution is 2.14. The number of amidine groups is 1. The molecule has 0 heterocycles. The molecule has 0 rings (SSSR count). The van der Waals surface area contributed by atoms with Crippen molar-refractivity contribution in [1.29, 1.82) is 5.41 Å². The molecule has 0 spiro atoms. The third-order valence-corrected chi connectivity index (χ3v) is 3.37. The maximum absolute atomic E-state index is 7.32. The van der Waals surface area contributed by atoms with Crippen LogP contribution in [0.25, 0.3) is 0 Å². The van der Waals surface area contributed by atoms with E-state index in [0.717, 1.165) is 32.2 Å². The first-order chi connectivity index (χ1) is 8.63. The van der Waals surface area contributed by atoms with Gasteiger partial charge in [0.1, 0.15) is 0 Å². The maximum Gasteiger partial charge on any atom is 0.0918 e. The van der Waals surface area contributed by atoms with Gasteiger partial charge in [-0.2, -0.15) is 0 Å². The van der Waals surface area contributed by atoms with Gasteiger partial charge in [-0.1, -0.05) is 33.1 Å². The van der Waals surface area contributed by atoms with Crippen LogP contribution in [0.5, 0.6) is 0 Å². The van der Waals surface area contributed by atoms with Crippen LogP contribution in [0.1, 0.15) is 46.0 Å². The second-order valence-electron chi connectivity index (χ2n) is 4.99. The van der Waals surface area contributed by atoms with E-state index in [1.165, 1.54) is 25.7 Å². The summed E-state index contributed by atoms with van der Waals surface area (Å²) in [6, 6.07) is 0. The Labute approximate surface area is 112 Å². The normalized spacial score (nSPS) is 12.9. The van der Waals surface area contributed by atoms with Crippen LogP contribution in [-0.4, -0.2) is 44.1 Å². The molecule has 4 nitrogen and oxygen atoms in total. The summed E-state index contributed by atoms with van der Waals surface area (Å²) in [5, 5.41) is 7.32. The Morgan fingerprint density at radius 3 is 2.56 bits per heavy atom. The zero-order valence-electron chi connectivity index (χ0n) is 12.4. The minimum atomic E-state index is 0.277. The van der Waals surface area contributed by atoms with E-state index in [1.807, 2.05) is 0 Å². The highest BCUT2D eigenvalue weighted by Gasteiger charge is 2.12. The minimum Gasteiger partial charge on any atom is -0.388 e. The third kappa shape index (κ3) is 9.42. The zero-order chi connectivity index (χ0) is 13.8. The van der Waals surface area contributed by atoms with Gasteiger partial charge in [0.15, 0.2) is 0 Å². The molecule has 4 heteroatoms. The molecule has 0 amide bonds. The Kier molecular flexibility index (Phi) is 11.1. The second kappa shape index (κ2) is 11.5. The summed E-state index contributed by atoms with van der Waals surface area (Å²) >= 11 is 0. The van der Waals surface area contributed by atoms with Gasteiger partial charge in [0.05, 0.1) is 12.4 Å². The summed E-state index contributed by atoms with van der Waals surface area (Å²) < 4.78 is 5.15. The smallest absolute Gasteiger partial charge is 0.0918 e. The lowest BCUT2D eigenvalue weighted by Gasteiger charge is -2.26. The van der Waals surface area contributed by atoms with E-state index in [1.54, 1.807) is 7.11 Å². The number of rotatable bonds is 12. The molecule has 108 valence electrons. The average Bonchev–Trinajstić information content (AvgIpc) is 2.36. The molecule has 18 heavy (non-hydrogen) atoms. The molecule has 3 N–H and O–H groups in total. The summed E-state index contributed by atoms with van der Waals surface area (Å²) in [5.41, 5.74) is 5.44. The van der Waals surface area contributed by atoms with Crippen LogP contribution in [0, 0.1) is 11.3 Å².